The summed E-state index contributed by atoms with van der Waals surface area (Å²) < 4.78 is 28.4. The molecule has 5 heterocycles. The molecule has 0 spiro atoms. The number of nitrogens with zero attached hydrogens (tertiary/aromatic N) is 4. The third-order valence-electron chi connectivity index (χ3n) is 8.52. The van der Waals surface area contributed by atoms with E-state index in [0.717, 1.165) is 49.3 Å². The zero-order valence-corrected chi connectivity index (χ0v) is 23.4. The molecule has 3 fully saturated rings. The molecule has 0 aliphatic carbocycles. The summed E-state index contributed by atoms with van der Waals surface area (Å²) in [5.74, 6) is 0.757. The van der Waals surface area contributed by atoms with Crippen LogP contribution in [0.25, 0.3) is 22.2 Å². The molecule has 2 unspecified atom stereocenters. The van der Waals surface area contributed by atoms with Crippen molar-refractivity contribution in [3.63, 3.8) is 0 Å². The average molecular weight is 552 g/mol. The van der Waals surface area contributed by atoms with Gasteiger partial charge < -0.3 is 24.5 Å². The number of ether oxygens (including phenoxy) is 2. The van der Waals surface area contributed by atoms with Gasteiger partial charge in [-0.15, -0.1) is 0 Å². The molecule has 3 saturated heterocycles. The molecule has 3 aliphatic heterocycles. The molecule has 0 radical (unpaired) electrons. The molecule has 2 N–H and O–H groups in total. The number of pyridine rings is 1. The topological polar surface area (TPSA) is 102 Å². The van der Waals surface area contributed by atoms with E-state index < -0.39 is 11.9 Å². The summed E-state index contributed by atoms with van der Waals surface area (Å²) in [7, 11) is 0. The Balaban J connectivity index is 1.39. The number of rotatable bonds is 6. The fraction of sp³-hybridized carbons (Fsp3) is 0.567. The lowest BCUT2D eigenvalue weighted by Crippen LogP contribution is -2.46. The molecule has 214 valence electrons. The van der Waals surface area contributed by atoms with E-state index in [9.17, 15) is 9.90 Å². The van der Waals surface area contributed by atoms with Crippen LogP contribution >= 0.6 is 0 Å². The molecule has 0 amide bonds. The summed E-state index contributed by atoms with van der Waals surface area (Å²) in [6, 6.07) is 5.21. The standard InChI is InChI=1S/C30H38FN5O4/c1-17(2)36-25-9-21(28-23(31)10-32-30(34-28)33-24-6-7-39-16-27(24)37)4-5-22(25)29(38)18(3)26(36)13-35-11-19-8-20(12-35)15-40-14-19/h4-5,9-10,17,19-20,24,27,37H,6-8,11-16H2,1-3H3,(H,32,33,34)/t19?,20?,24-,27-/m1/s1. The molecule has 6 rings (SSSR count). The van der Waals surface area contributed by atoms with Gasteiger partial charge in [-0.05, 0) is 57.6 Å². The Bertz CT molecular complexity index is 1450. The second-order valence-electron chi connectivity index (χ2n) is 11.9. The molecular weight excluding hydrogens is 513 g/mol. The number of piperidine rings is 1. The number of anilines is 1. The number of hydrogen-bond acceptors (Lipinski definition) is 8. The molecule has 3 aliphatic rings. The van der Waals surface area contributed by atoms with Gasteiger partial charge >= 0.3 is 0 Å². The number of aliphatic hydroxyl groups is 1. The molecule has 40 heavy (non-hydrogen) atoms. The van der Waals surface area contributed by atoms with Crippen molar-refractivity contribution in [1.82, 2.24) is 19.4 Å². The third kappa shape index (κ3) is 5.25. The second kappa shape index (κ2) is 11.2. The fourth-order valence-corrected chi connectivity index (χ4v) is 6.62. The number of fused-ring (bicyclic) bond motifs is 3. The maximum atomic E-state index is 15.1. The van der Waals surface area contributed by atoms with Crippen LogP contribution in [-0.2, 0) is 16.0 Å². The predicted molar refractivity (Wildman–Crippen MR) is 151 cm³/mol. The van der Waals surface area contributed by atoms with Crippen molar-refractivity contribution in [3.05, 3.63) is 51.7 Å². The van der Waals surface area contributed by atoms with Crippen molar-refractivity contribution in [3.8, 4) is 11.3 Å². The van der Waals surface area contributed by atoms with Gasteiger partial charge in [0.2, 0.25) is 5.95 Å². The van der Waals surface area contributed by atoms with Gasteiger partial charge in [0.25, 0.3) is 0 Å². The lowest BCUT2D eigenvalue weighted by atomic mass is 9.88. The largest absolute Gasteiger partial charge is 0.389 e. The lowest BCUT2D eigenvalue weighted by Gasteiger charge is -2.41. The molecule has 10 heteroatoms. The third-order valence-corrected chi connectivity index (χ3v) is 8.52. The van der Waals surface area contributed by atoms with Crippen LogP contribution in [0.2, 0.25) is 0 Å². The van der Waals surface area contributed by atoms with Gasteiger partial charge in [0.1, 0.15) is 5.69 Å². The second-order valence-corrected chi connectivity index (χ2v) is 11.9. The highest BCUT2D eigenvalue weighted by Gasteiger charge is 2.32. The number of aliphatic hydroxyl groups excluding tert-OH is 1. The Hall–Kier alpha value is -2.92. The number of halogens is 1. The minimum Gasteiger partial charge on any atom is -0.389 e. The summed E-state index contributed by atoms with van der Waals surface area (Å²) >= 11 is 0. The minimum absolute atomic E-state index is 0.00741. The van der Waals surface area contributed by atoms with E-state index >= 15 is 4.39 Å². The van der Waals surface area contributed by atoms with E-state index in [1.807, 2.05) is 13.0 Å². The molecule has 9 nitrogen and oxygen atoms in total. The number of aromatic nitrogens is 3. The first-order valence-electron chi connectivity index (χ1n) is 14.3. The van der Waals surface area contributed by atoms with Crippen LogP contribution in [0, 0.1) is 24.6 Å². The van der Waals surface area contributed by atoms with Crippen LogP contribution in [0.4, 0.5) is 10.3 Å². The first kappa shape index (κ1) is 27.3. The van der Waals surface area contributed by atoms with Crippen molar-refractivity contribution < 1.29 is 19.0 Å². The van der Waals surface area contributed by atoms with Crippen LogP contribution in [-0.4, -0.2) is 76.2 Å². The van der Waals surface area contributed by atoms with E-state index in [1.54, 1.807) is 12.1 Å². The van der Waals surface area contributed by atoms with Gasteiger partial charge in [-0.1, -0.05) is 6.07 Å². The first-order valence-corrected chi connectivity index (χ1v) is 14.3. The van der Waals surface area contributed by atoms with Crippen molar-refractivity contribution in [2.24, 2.45) is 11.8 Å². The Morgan fingerprint density at radius 2 is 1.95 bits per heavy atom. The quantitative estimate of drug-likeness (QED) is 0.480. The fourth-order valence-electron chi connectivity index (χ4n) is 6.62. The Morgan fingerprint density at radius 1 is 1.18 bits per heavy atom. The van der Waals surface area contributed by atoms with Crippen molar-refractivity contribution >= 4 is 16.9 Å². The van der Waals surface area contributed by atoms with Gasteiger partial charge in [-0.25, -0.2) is 14.4 Å². The summed E-state index contributed by atoms with van der Waals surface area (Å²) in [6.45, 7) is 11.1. The van der Waals surface area contributed by atoms with E-state index in [-0.39, 0.29) is 35.8 Å². The molecule has 2 aromatic heterocycles. The number of benzene rings is 1. The van der Waals surface area contributed by atoms with E-state index in [2.05, 4.69) is 38.6 Å². The summed E-state index contributed by atoms with van der Waals surface area (Å²) in [6.07, 6.45) is 2.26. The van der Waals surface area contributed by atoms with Crippen LogP contribution < -0.4 is 10.7 Å². The van der Waals surface area contributed by atoms with Crippen molar-refractivity contribution in [2.45, 2.75) is 58.3 Å². The summed E-state index contributed by atoms with van der Waals surface area (Å²) in [5.41, 5.74) is 3.25. The Morgan fingerprint density at radius 3 is 2.67 bits per heavy atom. The van der Waals surface area contributed by atoms with Gasteiger partial charge in [-0.2, -0.15) is 0 Å². The summed E-state index contributed by atoms with van der Waals surface area (Å²) in [4.78, 5) is 24.6. The molecular formula is C30H38FN5O4. The van der Waals surface area contributed by atoms with Gasteiger partial charge in [0.15, 0.2) is 11.2 Å². The average Bonchev–Trinajstić information content (AvgIpc) is 2.93. The predicted octanol–water partition coefficient (Wildman–Crippen LogP) is 3.52. The Kier molecular flexibility index (Phi) is 7.60. The monoisotopic (exact) mass is 551 g/mol. The van der Waals surface area contributed by atoms with E-state index in [4.69, 9.17) is 9.47 Å². The van der Waals surface area contributed by atoms with Gasteiger partial charge in [-0.3, -0.25) is 9.69 Å². The highest BCUT2D eigenvalue weighted by Crippen LogP contribution is 2.31. The number of likely N-dealkylation sites (tertiary alicyclic amines) is 1. The van der Waals surface area contributed by atoms with Gasteiger partial charge in [0.05, 0.1) is 43.7 Å². The van der Waals surface area contributed by atoms with Crippen molar-refractivity contribution in [1.29, 1.82) is 0 Å². The highest BCUT2D eigenvalue weighted by molar-refractivity contribution is 5.85. The first-order chi connectivity index (χ1) is 19.3. The molecule has 2 bridgehead atoms. The Labute approximate surface area is 233 Å². The SMILES string of the molecule is Cc1c(CN2CC3COCC(C3)C2)n(C(C)C)c2cc(-c3nc(N[C@@H]4CCOC[C@H]4O)ncc3F)ccc2c1=O. The van der Waals surface area contributed by atoms with Gasteiger partial charge in [0, 0.05) is 54.5 Å². The zero-order valence-electron chi connectivity index (χ0n) is 23.4. The normalized spacial score (nSPS) is 25.4. The molecule has 0 saturated carbocycles. The zero-order chi connectivity index (χ0) is 28.0. The molecule has 3 aromatic rings. The van der Waals surface area contributed by atoms with Crippen LogP contribution in [0.5, 0.6) is 0 Å². The number of nitrogens with one attached hydrogen (secondary N) is 1. The smallest absolute Gasteiger partial charge is 0.223 e. The lowest BCUT2D eigenvalue weighted by molar-refractivity contribution is -0.0430. The minimum atomic E-state index is -0.694. The summed E-state index contributed by atoms with van der Waals surface area (Å²) in [5, 5.41) is 14.0. The van der Waals surface area contributed by atoms with Crippen LogP contribution in [0.3, 0.4) is 0 Å². The van der Waals surface area contributed by atoms with Crippen LogP contribution in [0.1, 0.15) is 44.0 Å². The van der Waals surface area contributed by atoms with Crippen molar-refractivity contribution in [2.75, 3.05) is 44.8 Å². The van der Waals surface area contributed by atoms with E-state index in [0.29, 0.717) is 42.4 Å². The van der Waals surface area contributed by atoms with Crippen LogP contribution in [0.15, 0.2) is 29.2 Å². The molecule has 1 aromatic carbocycles. The maximum Gasteiger partial charge on any atom is 0.223 e. The molecule has 4 atom stereocenters. The highest BCUT2D eigenvalue weighted by atomic mass is 19.1. The maximum absolute atomic E-state index is 15.1. The number of hydrogen-bond donors (Lipinski definition) is 2. The van der Waals surface area contributed by atoms with E-state index in [1.165, 1.54) is 6.42 Å².